The van der Waals surface area contributed by atoms with Crippen LogP contribution in [0, 0.1) is 6.92 Å². The summed E-state index contributed by atoms with van der Waals surface area (Å²) in [5, 5.41) is 15.1. The molecule has 0 fully saturated rings. The second kappa shape index (κ2) is 8.70. The van der Waals surface area contributed by atoms with Gasteiger partial charge in [0.15, 0.2) is 0 Å². The monoisotopic (exact) mass is 401 g/mol. The number of benzene rings is 3. The van der Waals surface area contributed by atoms with Crippen LogP contribution in [0.5, 0.6) is 0 Å². The van der Waals surface area contributed by atoms with Crippen molar-refractivity contribution < 1.29 is 4.79 Å². The van der Waals surface area contributed by atoms with Gasteiger partial charge in [0.05, 0.1) is 5.69 Å². The minimum Gasteiger partial charge on any atom is -0.325 e. The predicted octanol–water partition coefficient (Wildman–Crippen LogP) is 4.44. The van der Waals surface area contributed by atoms with Crippen molar-refractivity contribution in [3.8, 4) is 5.69 Å². The Morgan fingerprint density at radius 1 is 0.931 bits per heavy atom. The molecule has 1 atom stereocenters. The van der Waals surface area contributed by atoms with Gasteiger partial charge in [-0.2, -0.15) is 4.68 Å². The first-order chi connectivity index (χ1) is 14.2. The zero-order valence-corrected chi connectivity index (χ0v) is 16.6. The van der Waals surface area contributed by atoms with Crippen molar-refractivity contribution in [3.63, 3.8) is 0 Å². The van der Waals surface area contributed by atoms with Gasteiger partial charge in [0, 0.05) is 5.69 Å². The first kappa shape index (κ1) is 18.9. The SMILES string of the molecule is Cc1ccc(NC(=O)C(Sc2nnnn2-c2ccccc2)c2ccccc2)cc1. The van der Waals surface area contributed by atoms with E-state index in [0.29, 0.717) is 5.16 Å². The Hall–Kier alpha value is -3.45. The van der Waals surface area contributed by atoms with Gasteiger partial charge in [-0.1, -0.05) is 78.0 Å². The van der Waals surface area contributed by atoms with Crippen molar-refractivity contribution in [2.75, 3.05) is 5.32 Å². The van der Waals surface area contributed by atoms with Crippen molar-refractivity contribution in [2.24, 2.45) is 0 Å². The summed E-state index contributed by atoms with van der Waals surface area (Å²) in [6, 6.07) is 27.0. The molecule has 6 nitrogen and oxygen atoms in total. The number of hydrogen-bond acceptors (Lipinski definition) is 5. The highest BCUT2D eigenvalue weighted by Crippen LogP contribution is 2.35. The van der Waals surface area contributed by atoms with Crippen LogP contribution in [0.4, 0.5) is 5.69 Å². The fourth-order valence-corrected chi connectivity index (χ4v) is 3.83. The summed E-state index contributed by atoms with van der Waals surface area (Å²) in [5.41, 5.74) is 3.61. The van der Waals surface area contributed by atoms with E-state index in [1.807, 2.05) is 91.9 Å². The molecule has 0 aliphatic carbocycles. The van der Waals surface area contributed by atoms with E-state index in [1.54, 1.807) is 4.68 Å². The number of rotatable bonds is 6. The molecule has 1 heterocycles. The lowest BCUT2D eigenvalue weighted by atomic mass is 10.1. The maximum absolute atomic E-state index is 13.2. The second-order valence-electron chi connectivity index (χ2n) is 6.47. The number of nitrogens with one attached hydrogen (secondary N) is 1. The molecule has 4 aromatic rings. The number of para-hydroxylation sites is 1. The van der Waals surface area contributed by atoms with Gasteiger partial charge in [0.2, 0.25) is 11.1 Å². The summed E-state index contributed by atoms with van der Waals surface area (Å²) in [6.07, 6.45) is 0. The highest BCUT2D eigenvalue weighted by molar-refractivity contribution is 8.00. The third-order valence-electron chi connectivity index (χ3n) is 4.32. The summed E-state index contributed by atoms with van der Waals surface area (Å²) in [7, 11) is 0. The van der Waals surface area contributed by atoms with Gasteiger partial charge in [-0.15, -0.1) is 5.10 Å². The summed E-state index contributed by atoms with van der Waals surface area (Å²) >= 11 is 1.32. The van der Waals surface area contributed by atoms with Crippen LogP contribution in [0.15, 0.2) is 90.1 Å². The van der Waals surface area contributed by atoms with Gasteiger partial charge in [-0.3, -0.25) is 4.79 Å². The number of anilines is 1. The van der Waals surface area contributed by atoms with Crippen LogP contribution in [-0.4, -0.2) is 26.1 Å². The molecule has 0 aliphatic heterocycles. The summed E-state index contributed by atoms with van der Waals surface area (Å²) < 4.78 is 1.64. The molecular formula is C22H19N5OS. The summed E-state index contributed by atoms with van der Waals surface area (Å²) in [4.78, 5) is 13.2. The first-order valence-electron chi connectivity index (χ1n) is 9.13. The van der Waals surface area contributed by atoms with Crippen molar-refractivity contribution >= 4 is 23.4 Å². The van der Waals surface area contributed by atoms with E-state index < -0.39 is 5.25 Å². The summed E-state index contributed by atoms with van der Waals surface area (Å²) in [5.74, 6) is -0.132. The lowest BCUT2D eigenvalue weighted by Crippen LogP contribution is -2.19. The quantitative estimate of drug-likeness (QED) is 0.484. The number of tetrazole rings is 1. The predicted molar refractivity (Wildman–Crippen MR) is 114 cm³/mol. The highest BCUT2D eigenvalue weighted by atomic mass is 32.2. The van der Waals surface area contributed by atoms with E-state index in [4.69, 9.17) is 0 Å². The molecule has 1 amide bonds. The van der Waals surface area contributed by atoms with E-state index >= 15 is 0 Å². The molecule has 144 valence electrons. The Morgan fingerprint density at radius 3 is 2.28 bits per heavy atom. The Balaban J connectivity index is 1.63. The van der Waals surface area contributed by atoms with Crippen molar-refractivity contribution in [2.45, 2.75) is 17.3 Å². The average Bonchev–Trinajstić information content (AvgIpc) is 3.23. The second-order valence-corrected chi connectivity index (χ2v) is 7.54. The molecule has 0 saturated carbocycles. The van der Waals surface area contributed by atoms with Crippen molar-refractivity contribution in [1.82, 2.24) is 20.2 Å². The van der Waals surface area contributed by atoms with Crippen LogP contribution in [0.2, 0.25) is 0 Å². The Morgan fingerprint density at radius 2 is 1.59 bits per heavy atom. The largest absolute Gasteiger partial charge is 0.325 e. The van der Waals surface area contributed by atoms with E-state index in [2.05, 4.69) is 20.8 Å². The molecule has 4 rings (SSSR count). The fraction of sp³-hybridized carbons (Fsp3) is 0.0909. The number of amides is 1. The van der Waals surface area contributed by atoms with Crippen LogP contribution in [0.3, 0.4) is 0 Å². The molecule has 0 bridgehead atoms. The van der Waals surface area contributed by atoms with Gasteiger partial charge in [-0.05, 0) is 47.2 Å². The topological polar surface area (TPSA) is 72.7 Å². The van der Waals surface area contributed by atoms with Gasteiger partial charge in [0.1, 0.15) is 5.25 Å². The molecule has 29 heavy (non-hydrogen) atoms. The molecule has 1 unspecified atom stereocenters. The van der Waals surface area contributed by atoms with E-state index in [-0.39, 0.29) is 5.91 Å². The van der Waals surface area contributed by atoms with Crippen molar-refractivity contribution in [3.05, 3.63) is 96.1 Å². The number of hydrogen-bond donors (Lipinski definition) is 1. The number of aryl methyl sites for hydroxylation is 1. The number of carbonyl (C=O) groups excluding carboxylic acids is 1. The van der Waals surface area contributed by atoms with Gasteiger partial charge < -0.3 is 5.32 Å². The molecule has 7 heteroatoms. The van der Waals surface area contributed by atoms with Gasteiger partial charge >= 0.3 is 0 Å². The number of thioether (sulfide) groups is 1. The first-order valence-corrected chi connectivity index (χ1v) is 10.0. The van der Waals surface area contributed by atoms with E-state index in [9.17, 15) is 4.79 Å². The Bertz CT molecular complexity index is 1080. The molecular weight excluding hydrogens is 382 g/mol. The van der Waals surface area contributed by atoms with Crippen LogP contribution in [0.25, 0.3) is 5.69 Å². The molecule has 0 aliphatic rings. The van der Waals surface area contributed by atoms with Crippen LogP contribution < -0.4 is 5.32 Å². The Labute approximate surface area is 173 Å². The highest BCUT2D eigenvalue weighted by Gasteiger charge is 2.25. The standard InChI is InChI=1S/C22H19N5OS/c1-16-12-14-18(15-13-16)23-21(28)20(17-8-4-2-5-9-17)29-22-24-25-26-27(22)19-10-6-3-7-11-19/h2-15,20H,1H3,(H,23,28). The van der Waals surface area contributed by atoms with Gasteiger partial charge in [0.25, 0.3) is 0 Å². The number of carbonyl (C=O) groups is 1. The fourth-order valence-electron chi connectivity index (χ4n) is 2.83. The maximum Gasteiger partial charge on any atom is 0.242 e. The van der Waals surface area contributed by atoms with E-state index in [0.717, 1.165) is 22.5 Å². The molecule has 0 radical (unpaired) electrons. The summed E-state index contributed by atoms with van der Waals surface area (Å²) in [6.45, 7) is 2.01. The minimum absolute atomic E-state index is 0.132. The maximum atomic E-state index is 13.2. The third kappa shape index (κ3) is 4.52. The number of nitrogens with zero attached hydrogens (tertiary/aromatic N) is 4. The zero-order chi connectivity index (χ0) is 20.1. The minimum atomic E-state index is -0.508. The smallest absolute Gasteiger partial charge is 0.242 e. The zero-order valence-electron chi connectivity index (χ0n) is 15.8. The molecule has 1 aromatic heterocycles. The van der Waals surface area contributed by atoms with Crippen molar-refractivity contribution in [1.29, 1.82) is 0 Å². The molecule has 1 N–H and O–H groups in total. The van der Waals surface area contributed by atoms with Crippen LogP contribution in [0.1, 0.15) is 16.4 Å². The molecule has 3 aromatic carbocycles. The van der Waals surface area contributed by atoms with Crippen LogP contribution >= 0.6 is 11.8 Å². The molecule has 0 saturated heterocycles. The van der Waals surface area contributed by atoms with Gasteiger partial charge in [-0.25, -0.2) is 0 Å². The lowest BCUT2D eigenvalue weighted by molar-refractivity contribution is -0.115. The third-order valence-corrected chi connectivity index (χ3v) is 5.51. The lowest BCUT2D eigenvalue weighted by Gasteiger charge is -2.16. The number of aromatic nitrogens is 4. The average molecular weight is 401 g/mol. The van der Waals surface area contributed by atoms with Crippen LogP contribution in [-0.2, 0) is 4.79 Å². The Kier molecular flexibility index (Phi) is 5.67. The normalized spacial score (nSPS) is 11.8. The van der Waals surface area contributed by atoms with E-state index in [1.165, 1.54) is 11.8 Å². The molecule has 0 spiro atoms.